The Morgan fingerprint density at radius 1 is 1.40 bits per heavy atom. The minimum Gasteiger partial charge on any atom is -0.497 e. The lowest BCUT2D eigenvalue weighted by Gasteiger charge is -2.06. The predicted molar refractivity (Wildman–Crippen MR) is 55.0 cm³/mol. The average Bonchev–Trinajstić information content (AvgIpc) is 2.26. The summed E-state index contributed by atoms with van der Waals surface area (Å²) in [7, 11) is 1.56. The lowest BCUT2D eigenvalue weighted by molar-refractivity contribution is 0.0296. The Kier molecular flexibility index (Phi) is 4.12. The molecule has 1 aromatic carbocycles. The normalized spacial score (nSPS) is 11.9. The van der Waals surface area contributed by atoms with Gasteiger partial charge in [0.2, 0.25) is 0 Å². The predicted octanol–water partition coefficient (Wildman–Crippen LogP) is 1.23. The first-order valence-corrected chi connectivity index (χ1v) is 4.62. The maximum absolute atomic E-state index is 11.4. The molecule has 1 atom stereocenters. The summed E-state index contributed by atoms with van der Waals surface area (Å²) in [5.74, 6) is 0.237. The largest absolute Gasteiger partial charge is 0.497 e. The first kappa shape index (κ1) is 11.5. The minimum absolute atomic E-state index is 0.00482. The Morgan fingerprint density at radius 2 is 2.00 bits per heavy atom. The highest BCUT2D eigenvalue weighted by Gasteiger charge is 2.08. The number of hydrogen-bond acceptors (Lipinski definition) is 4. The number of benzene rings is 1. The van der Waals surface area contributed by atoms with E-state index in [4.69, 9.17) is 14.6 Å². The molecule has 0 bridgehead atoms. The molecule has 1 N–H and O–H groups in total. The summed E-state index contributed by atoms with van der Waals surface area (Å²) in [6.45, 7) is 1.56. The van der Waals surface area contributed by atoms with Gasteiger partial charge in [0.25, 0.3) is 0 Å². The Bertz CT molecular complexity index is 316. The highest BCUT2D eigenvalue weighted by Crippen LogP contribution is 2.12. The summed E-state index contributed by atoms with van der Waals surface area (Å²) in [6, 6.07) is 6.59. The van der Waals surface area contributed by atoms with E-state index in [0.29, 0.717) is 11.3 Å². The van der Waals surface area contributed by atoms with E-state index in [1.54, 1.807) is 38.3 Å². The zero-order valence-corrected chi connectivity index (χ0v) is 8.77. The molecule has 0 amide bonds. The third-order valence-electron chi connectivity index (χ3n) is 1.78. The van der Waals surface area contributed by atoms with E-state index < -0.39 is 12.1 Å². The fourth-order valence-electron chi connectivity index (χ4n) is 1.01. The maximum atomic E-state index is 11.4. The SMILES string of the molecule is COc1ccc(C(=O)OCC(C)O)cc1. The van der Waals surface area contributed by atoms with Crippen molar-refractivity contribution in [3.63, 3.8) is 0 Å². The molecule has 0 heterocycles. The standard InChI is InChI=1S/C11H14O4/c1-8(12)7-15-11(13)9-3-5-10(14-2)6-4-9/h3-6,8,12H,7H2,1-2H3. The molecule has 0 spiro atoms. The molecular formula is C11H14O4. The molecule has 1 unspecified atom stereocenters. The molecular weight excluding hydrogens is 196 g/mol. The monoisotopic (exact) mass is 210 g/mol. The van der Waals surface area contributed by atoms with Crippen LogP contribution in [0.25, 0.3) is 0 Å². The van der Waals surface area contributed by atoms with Crippen LogP contribution >= 0.6 is 0 Å². The van der Waals surface area contributed by atoms with Crippen molar-refractivity contribution in [1.82, 2.24) is 0 Å². The van der Waals surface area contributed by atoms with E-state index in [1.165, 1.54) is 0 Å². The number of hydrogen-bond donors (Lipinski definition) is 1. The molecule has 0 fully saturated rings. The lowest BCUT2D eigenvalue weighted by atomic mass is 10.2. The van der Waals surface area contributed by atoms with Crippen LogP contribution in [0.1, 0.15) is 17.3 Å². The smallest absolute Gasteiger partial charge is 0.338 e. The van der Waals surface area contributed by atoms with Crippen LogP contribution in [0.15, 0.2) is 24.3 Å². The van der Waals surface area contributed by atoms with Gasteiger partial charge in [0.1, 0.15) is 12.4 Å². The van der Waals surface area contributed by atoms with Crippen LogP contribution in [-0.2, 0) is 4.74 Å². The van der Waals surface area contributed by atoms with Gasteiger partial charge in [-0.15, -0.1) is 0 Å². The van der Waals surface area contributed by atoms with Crippen molar-refractivity contribution in [3.05, 3.63) is 29.8 Å². The van der Waals surface area contributed by atoms with Crippen LogP contribution in [0.5, 0.6) is 5.75 Å². The Hall–Kier alpha value is -1.55. The number of methoxy groups -OCH3 is 1. The van der Waals surface area contributed by atoms with Crippen LogP contribution in [0, 0.1) is 0 Å². The number of carbonyl (C=O) groups excluding carboxylic acids is 1. The molecule has 1 rings (SSSR count). The topological polar surface area (TPSA) is 55.8 Å². The Labute approximate surface area is 88.4 Å². The number of aliphatic hydroxyl groups excluding tert-OH is 1. The number of ether oxygens (including phenoxy) is 2. The third-order valence-corrected chi connectivity index (χ3v) is 1.78. The highest BCUT2D eigenvalue weighted by molar-refractivity contribution is 5.89. The first-order chi connectivity index (χ1) is 7.13. The molecule has 4 nitrogen and oxygen atoms in total. The van der Waals surface area contributed by atoms with E-state index in [2.05, 4.69) is 0 Å². The van der Waals surface area contributed by atoms with Crippen molar-refractivity contribution in [2.75, 3.05) is 13.7 Å². The summed E-state index contributed by atoms with van der Waals surface area (Å²) >= 11 is 0. The van der Waals surface area contributed by atoms with Gasteiger partial charge >= 0.3 is 5.97 Å². The molecule has 0 saturated heterocycles. The Morgan fingerprint density at radius 3 is 2.47 bits per heavy atom. The van der Waals surface area contributed by atoms with Gasteiger partial charge in [0, 0.05) is 0 Å². The third kappa shape index (κ3) is 3.59. The summed E-state index contributed by atoms with van der Waals surface area (Å²) in [4.78, 5) is 11.4. The van der Waals surface area contributed by atoms with Gasteiger partial charge in [-0.3, -0.25) is 0 Å². The summed E-state index contributed by atoms with van der Waals surface area (Å²) < 4.78 is 9.79. The molecule has 0 aliphatic rings. The van der Waals surface area contributed by atoms with Crippen molar-refractivity contribution >= 4 is 5.97 Å². The van der Waals surface area contributed by atoms with Gasteiger partial charge < -0.3 is 14.6 Å². The summed E-state index contributed by atoms with van der Waals surface area (Å²) in [5, 5.41) is 8.93. The molecule has 4 heteroatoms. The van der Waals surface area contributed by atoms with Crippen molar-refractivity contribution in [3.8, 4) is 5.75 Å². The molecule has 0 saturated carbocycles. The quantitative estimate of drug-likeness (QED) is 0.759. The van der Waals surface area contributed by atoms with E-state index in [1.807, 2.05) is 0 Å². The molecule has 1 aromatic rings. The zero-order chi connectivity index (χ0) is 11.3. The number of aliphatic hydroxyl groups is 1. The zero-order valence-electron chi connectivity index (χ0n) is 8.77. The van der Waals surface area contributed by atoms with E-state index in [9.17, 15) is 4.79 Å². The minimum atomic E-state index is -0.646. The van der Waals surface area contributed by atoms with Crippen LogP contribution < -0.4 is 4.74 Å². The second-order valence-electron chi connectivity index (χ2n) is 3.18. The van der Waals surface area contributed by atoms with Crippen molar-refractivity contribution < 1.29 is 19.4 Å². The van der Waals surface area contributed by atoms with Crippen LogP contribution in [0.3, 0.4) is 0 Å². The number of esters is 1. The molecule has 0 radical (unpaired) electrons. The van der Waals surface area contributed by atoms with Gasteiger partial charge in [-0.05, 0) is 31.2 Å². The lowest BCUT2D eigenvalue weighted by Crippen LogP contribution is -2.15. The average molecular weight is 210 g/mol. The van der Waals surface area contributed by atoms with E-state index in [0.717, 1.165) is 0 Å². The van der Waals surface area contributed by atoms with Gasteiger partial charge in [-0.1, -0.05) is 0 Å². The second-order valence-corrected chi connectivity index (χ2v) is 3.18. The van der Waals surface area contributed by atoms with Gasteiger partial charge in [0.05, 0.1) is 18.8 Å². The van der Waals surface area contributed by atoms with Gasteiger partial charge in [0.15, 0.2) is 0 Å². The maximum Gasteiger partial charge on any atom is 0.338 e. The molecule has 15 heavy (non-hydrogen) atoms. The molecule has 0 aromatic heterocycles. The first-order valence-electron chi connectivity index (χ1n) is 4.62. The number of carbonyl (C=O) groups is 1. The van der Waals surface area contributed by atoms with Crippen molar-refractivity contribution in [2.24, 2.45) is 0 Å². The molecule has 0 aliphatic carbocycles. The van der Waals surface area contributed by atoms with Gasteiger partial charge in [-0.2, -0.15) is 0 Å². The fraction of sp³-hybridized carbons (Fsp3) is 0.364. The van der Waals surface area contributed by atoms with E-state index >= 15 is 0 Å². The van der Waals surface area contributed by atoms with E-state index in [-0.39, 0.29) is 6.61 Å². The summed E-state index contributed by atoms with van der Waals surface area (Å²) in [5.41, 5.74) is 0.441. The summed E-state index contributed by atoms with van der Waals surface area (Å²) in [6.07, 6.45) is -0.646. The van der Waals surface area contributed by atoms with Crippen LogP contribution in [0.4, 0.5) is 0 Å². The molecule has 0 aliphatic heterocycles. The van der Waals surface area contributed by atoms with Gasteiger partial charge in [-0.25, -0.2) is 4.79 Å². The van der Waals surface area contributed by atoms with Crippen molar-refractivity contribution in [2.45, 2.75) is 13.0 Å². The van der Waals surface area contributed by atoms with Crippen LogP contribution in [-0.4, -0.2) is 30.9 Å². The molecule has 82 valence electrons. The Balaban J connectivity index is 2.58. The number of rotatable bonds is 4. The second kappa shape index (κ2) is 5.36. The van der Waals surface area contributed by atoms with Crippen LogP contribution in [0.2, 0.25) is 0 Å². The fourth-order valence-corrected chi connectivity index (χ4v) is 1.01. The van der Waals surface area contributed by atoms with Crippen molar-refractivity contribution in [1.29, 1.82) is 0 Å². The highest BCUT2D eigenvalue weighted by atomic mass is 16.5.